The van der Waals surface area contributed by atoms with Crippen LogP contribution in [0, 0.1) is 5.41 Å². The summed E-state index contributed by atoms with van der Waals surface area (Å²) in [4.78, 5) is 28.7. The van der Waals surface area contributed by atoms with Crippen LogP contribution in [0.3, 0.4) is 0 Å². The topological polar surface area (TPSA) is 138 Å². The normalized spacial score (nSPS) is 17.8. The molecule has 1 heterocycles. The molecule has 1 amide bonds. The smallest absolute Gasteiger partial charge is 0.303 e. The maximum absolute atomic E-state index is 12.5. The fourth-order valence-electron chi connectivity index (χ4n) is 3.77. The van der Waals surface area contributed by atoms with Crippen molar-refractivity contribution in [2.75, 3.05) is 5.32 Å². The van der Waals surface area contributed by atoms with Gasteiger partial charge in [-0.2, -0.15) is 5.48 Å². The van der Waals surface area contributed by atoms with Crippen LogP contribution in [0.5, 0.6) is 0 Å². The predicted octanol–water partition coefficient (Wildman–Crippen LogP) is 3.52. The fraction of sp³-hybridized carbons (Fsp3) is 0.375. The fourth-order valence-corrected chi connectivity index (χ4v) is 3.77. The van der Waals surface area contributed by atoms with E-state index in [1.807, 2.05) is 36.4 Å². The average Bonchev–Trinajstić information content (AvgIpc) is 3.22. The molecule has 1 aliphatic rings. The average molecular weight is 439 g/mol. The number of carboxylic acids is 1. The Morgan fingerprint density at radius 2 is 1.94 bits per heavy atom. The van der Waals surface area contributed by atoms with Gasteiger partial charge >= 0.3 is 5.97 Å². The van der Waals surface area contributed by atoms with E-state index >= 15 is 0 Å². The summed E-state index contributed by atoms with van der Waals surface area (Å²) >= 11 is 0. The van der Waals surface area contributed by atoms with Crippen LogP contribution < -0.4 is 16.5 Å². The third kappa shape index (κ3) is 7.18. The minimum absolute atomic E-state index is 0.0155. The number of hydrogen-bond acceptors (Lipinski definition) is 5. The molecule has 0 aromatic heterocycles. The molecule has 2 aromatic rings. The summed E-state index contributed by atoms with van der Waals surface area (Å²) < 4.78 is 0. The van der Waals surface area contributed by atoms with Crippen LogP contribution in [0.4, 0.5) is 5.69 Å². The number of rotatable bonds is 11. The summed E-state index contributed by atoms with van der Waals surface area (Å²) in [5.74, 6) is -0.833. The highest BCUT2D eigenvalue weighted by Crippen LogP contribution is 2.27. The lowest BCUT2D eigenvalue weighted by atomic mass is 9.99. The molecule has 8 heteroatoms. The van der Waals surface area contributed by atoms with E-state index in [1.54, 1.807) is 12.1 Å². The van der Waals surface area contributed by atoms with E-state index in [4.69, 9.17) is 21.1 Å². The van der Waals surface area contributed by atoms with Gasteiger partial charge in [0.2, 0.25) is 5.91 Å². The number of carboxylic acid groups (broad SMARTS) is 1. The van der Waals surface area contributed by atoms with Crippen molar-refractivity contribution >= 4 is 23.4 Å². The van der Waals surface area contributed by atoms with Crippen molar-refractivity contribution in [2.45, 2.75) is 57.1 Å². The lowest BCUT2D eigenvalue weighted by Gasteiger charge is -2.10. The number of aliphatic carboxylic acids is 1. The Bertz CT molecular complexity index is 945. The van der Waals surface area contributed by atoms with Gasteiger partial charge in [0.15, 0.2) is 0 Å². The second-order valence-electron chi connectivity index (χ2n) is 8.09. The highest BCUT2D eigenvalue weighted by molar-refractivity contribution is 5.94. The van der Waals surface area contributed by atoms with Crippen LogP contribution in [-0.4, -0.2) is 28.9 Å². The van der Waals surface area contributed by atoms with Crippen LogP contribution in [0.2, 0.25) is 0 Å². The minimum Gasteiger partial charge on any atom is -0.481 e. The summed E-state index contributed by atoms with van der Waals surface area (Å²) in [5.41, 5.74) is 12.0. The summed E-state index contributed by atoms with van der Waals surface area (Å²) in [6.45, 7) is 0. The van der Waals surface area contributed by atoms with Gasteiger partial charge in [0.05, 0.1) is 18.6 Å². The van der Waals surface area contributed by atoms with Crippen molar-refractivity contribution in [1.29, 1.82) is 5.41 Å². The number of amides is 1. The number of hydroxylamine groups is 1. The summed E-state index contributed by atoms with van der Waals surface area (Å²) in [6.07, 6.45) is 4.21. The zero-order valence-electron chi connectivity index (χ0n) is 18.0. The number of benzene rings is 2. The van der Waals surface area contributed by atoms with Crippen LogP contribution in [0.1, 0.15) is 61.3 Å². The monoisotopic (exact) mass is 438 g/mol. The van der Waals surface area contributed by atoms with Crippen molar-refractivity contribution in [3.05, 3.63) is 65.2 Å². The Morgan fingerprint density at radius 3 is 2.66 bits per heavy atom. The first-order valence-electron chi connectivity index (χ1n) is 10.9. The third-order valence-corrected chi connectivity index (χ3v) is 5.48. The largest absolute Gasteiger partial charge is 0.481 e. The predicted molar refractivity (Wildman–Crippen MR) is 122 cm³/mol. The van der Waals surface area contributed by atoms with Crippen molar-refractivity contribution in [2.24, 2.45) is 5.73 Å². The maximum atomic E-state index is 12.5. The molecule has 6 N–H and O–H groups in total. The van der Waals surface area contributed by atoms with E-state index in [2.05, 4.69) is 10.8 Å². The van der Waals surface area contributed by atoms with Gasteiger partial charge in [0.25, 0.3) is 0 Å². The number of hydrogen-bond donors (Lipinski definition) is 5. The Balaban J connectivity index is 1.43. The lowest BCUT2D eigenvalue weighted by Crippen LogP contribution is -2.20. The molecule has 8 nitrogen and oxygen atoms in total. The van der Waals surface area contributed by atoms with Gasteiger partial charge in [0.1, 0.15) is 5.84 Å². The SMILES string of the molecule is N=C(N)c1ccc([C@@H]2C[C@H](CC(=O)Nc3cccc(CCCCCC(=O)O)c3)ON2)cc1. The number of amidine groups is 1. The number of anilines is 1. The third-order valence-electron chi connectivity index (χ3n) is 5.48. The van der Waals surface area contributed by atoms with E-state index in [0.29, 0.717) is 18.4 Å². The quantitative estimate of drug-likeness (QED) is 0.207. The zero-order chi connectivity index (χ0) is 22.9. The van der Waals surface area contributed by atoms with E-state index in [0.717, 1.165) is 36.1 Å². The van der Waals surface area contributed by atoms with E-state index in [-0.39, 0.29) is 36.7 Å². The minimum atomic E-state index is -0.756. The van der Waals surface area contributed by atoms with Crippen molar-refractivity contribution in [1.82, 2.24) is 5.48 Å². The van der Waals surface area contributed by atoms with Gasteiger partial charge in [0, 0.05) is 17.7 Å². The van der Waals surface area contributed by atoms with E-state index in [9.17, 15) is 9.59 Å². The number of nitrogen functional groups attached to an aromatic ring is 1. The first-order chi connectivity index (χ1) is 15.4. The number of nitrogens with two attached hydrogens (primary N) is 1. The Kier molecular flexibility index (Phi) is 8.35. The summed E-state index contributed by atoms with van der Waals surface area (Å²) in [5, 5.41) is 19.1. The lowest BCUT2D eigenvalue weighted by molar-refractivity contribution is -0.137. The van der Waals surface area contributed by atoms with Crippen molar-refractivity contribution in [3.8, 4) is 0 Å². The Labute approximate surface area is 187 Å². The molecule has 3 rings (SSSR count). The molecule has 1 saturated heterocycles. The van der Waals surface area contributed by atoms with Gasteiger partial charge in [-0.25, -0.2) is 0 Å². The first kappa shape index (κ1) is 23.4. The summed E-state index contributed by atoms with van der Waals surface area (Å²) in [7, 11) is 0. The molecule has 0 unspecified atom stereocenters. The second-order valence-corrected chi connectivity index (χ2v) is 8.09. The molecule has 0 aliphatic carbocycles. The molecule has 2 atom stereocenters. The molecule has 0 bridgehead atoms. The highest BCUT2D eigenvalue weighted by atomic mass is 16.7. The molecule has 32 heavy (non-hydrogen) atoms. The van der Waals surface area contributed by atoms with Crippen molar-refractivity contribution in [3.63, 3.8) is 0 Å². The Morgan fingerprint density at radius 1 is 1.16 bits per heavy atom. The molecular formula is C24H30N4O4. The molecule has 0 saturated carbocycles. The van der Waals surface area contributed by atoms with Crippen molar-refractivity contribution < 1.29 is 19.5 Å². The summed E-state index contributed by atoms with van der Waals surface area (Å²) in [6, 6.07) is 15.2. The Hall–Kier alpha value is -3.23. The van der Waals surface area contributed by atoms with Gasteiger partial charge in [-0.05, 0) is 48.9 Å². The van der Waals surface area contributed by atoms with Crippen LogP contribution in [0.15, 0.2) is 48.5 Å². The number of aryl methyl sites for hydroxylation is 1. The van der Waals surface area contributed by atoms with E-state index in [1.165, 1.54) is 0 Å². The molecule has 1 fully saturated rings. The van der Waals surface area contributed by atoms with Gasteiger partial charge in [-0.3, -0.25) is 19.8 Å². The number of carbonyl (C=O) groups is 2. The van der Waals surface area contributed by atoms with Crippen LogP contribution in [0.25, 0.3) is 0 Å². The molecule has 0 spiro atoms. The van der Waals surface area contributed by atoms with E-state index < -0.39 is 5.97 Å². The number of carbonyl (C=O) groups excluding carboxylic acids is 1. The molecule has 0 radical (unpaired) electrons. The number of unbranched alkanes of at least 4 members (excludes halogenated alkanes) is 2. The van der Waals surface area contributed by atoms with Crippen LogP contribution in [-0.2, 0) is 20.8 Å². The van der Waals surface area contributed by atoms with Gasteiger partial charge in [-0.1, -0.05) is 42.8 Å². The second kappa shape index (κ2) is 11.4. The standard InChI is InChI=1S/C24H30N4O4/c25-24(26)18-11-9-17(10-12-18)21-14-20(32-28-21)15-22(29)27-19-7-4-6-16(13-19)5-2-1-3-8-23(30)31/h4,6-7,9-13,20-21,28H,1-3,5,8,14-15H2,(H3,25,26)(H,27,29)(H,30,31)/t20-,21+/m1/s1. The zero-order valence-corrected chi connectivity index (χ0v) is 18.0. The highest BCUT2D eigenvalue weighted by Gasteiger charge is 2.28. The molecule has 170 valence electrons. The molecular weight excluding hydrogens is 408 g/mol. The molecule has 2 aromatic carbocycles. The maximum Gasteiger partial charge on any atom is 0.303 e. The number of nitrogens with one attached hydrogen (secondary N) is 3. The van der Waals surface area contributed by atoms with Crippen LogP contribution >= 0.6 is 0 Å². The van der Waals surface area contributed by atoms with Gasteiger partial charge in [-0.15, -0.1) is 0 Å². The molecule has 1 aliphatic heterocycles. The first-order valence-corrected chi connectivity index (χ1v) is 10.9. The van der Waals surface area contributed by atoms with Gasteiger partial charge < -0.3 is 16.2 Å².